The summed E-state index contributed by atoms with van der Waals surface area (Å²) in [6.45, 7) is 0. The fourth-order valence-corrected chi connectivity index (χ4v) is 8.25. The molecule has 9 aromatic carbocycles. The SMILES string of the molecule is c1ccc(-c2cccc(-c3nc(-c4ccc(-c5ccc(-c6ccc(-c7cccc8c7oc7ccccc78)cc6)cc5)cc4)nc(-c4ccccc4-c4ccccc4)n3)c2)cc1. The Labute approximate surface area is 354 Å². The summed E-state index contributed by atoms with van der Waals surface area (Å²) in [7, 11) is 0. The molecule has 11 aromatic rings. The summed E-state index contributed by atoms with van der Waals surface area (Å²) in [4.78, 5) is 15.4. The molecular weight excluding hydrogens is 743 g/mol. The predicted octanol–water partition coefficient (Wildman–Crippen LogP) is 15.1. The standard InChI is InChI=1S/C57H37N3O/c1-3-13-38(14-4-1)46-17-11-18-47(37-46)56-58-55(59-57(60-56)52-21-8-7-19-48(52)43-15-5-2-6-16-43)45-35-31-42(32-36-45)40-27-25-39(26-28-40)41-29-33-44(34-30-41)49-22-12-23-51-50-20-9-10-24-53(50)61-54(49)51/h1-37H. The van der Waals surface area contributed by atoms with Gasteiger partial charge in [0.2, 0.25) is 0 Å². The third-order valence-electron chi connectivity index (χ3n) is 11.4. The molecule has 2 aromatic heterocycles. The first-order valence-electron chi connectivity index (χ1n) is 20.5. The lowest BCUT2D eigenvalue weighted by molar-refractivity contribution is 0.670. The van der Waals surface area contributed by atoms with Crippen LogP contribution in [0.5, 0.6) is 0 Å². The van der Waals surface area contributed by atoms with Crippen LogP contribution in [0.3, 0.4) is 0 Å². The van der Waals surface area contributed by atoms with Gasteiger partial charge < -0.3 is 4.42 Å². The lowest BCUT2D eigenvalue weighted by atomic mass is 9.97. The molecule has 0 aliphatic carbocycles. The molecule has 286 valence electrons. The fraction of sp³-hybridized carbons (Fsp3) is 0. The van der Waals surface area contributed by atoms with Gasteiger partial charge in [0.15, 0.2) is 17.5 Å². The Morgan fingerprint density at radius 3 is 1.33 bits per heavy atom. The van der Waals surface area contributed by atoms with Crippen molar-refractivity contribution in [1.82, 2.24) is 15.0 Å². The van der Waals surface area contributed by atoms with Crippen LogP contribution in [0.1, 0.15) is 0 Å². The molecule has 0 bridgehead atoms. The van der Waals surface area contributed by atoms with E-state index in [9.17, 15) is 0 Å². The highest BCUT2D eigenvalue weighted by Crippen LogP contribution is 2.37. The lowest BCUT2D eigenvalue weighted by Gasteiger charge is -2.13. The molecule has 2 heterocycles. The Balaban J connectivity index is 0.903. The molecule has 0 unspecified atom stereocenters. The van der Waals surface area contributed by atoms with Crippen LogP contribution >= 0.6 is 0 Å². The first kappa shape index (κ1) is 35.9. The number of para-hydroxylation sites is 2. The minimum absolute atomic E-state index is 0.620. The zero-order valence-corrected chi connectivity index (χ0v) is 33.1. The van der Waals surface area contributed by atoms with Crippen molar-refractivity contribution in [2.45, 2.75) is 0 Å². The Kier molecular flexibility index (Phi) is 9.14. The zero-order valence-electron chi connectivity index (χ0n) is 33.1. The van der Waals surface area contributed by atoms with E-state index in [1.807, 2.05) is 30.3 Å². The van der Waals surface area contributed by atoms with Gasteiger partial charge in [0.05, 0.1) is 0 Å². The van der Waals surface area contributed by atoms with Gasteiger partial charge in [0, 0.05) is 33.0 Å². The highest BCUT2D eigenvalue weighted by atomic mass is 16.3. The molecule has 0 saturated heterocycles. The van der Waals surface area contributed by atoms with Crippen LogP contribution < -0.4 is 0 Å². The zero-order chi connectivity index (χ0) is 40.5. The van der Waals surface area contributed by atoms with Gasteiger partial charge in [-0.15, -0.1) is 0 Å². The van der Waals surface area contributed by atoms with E-state index < -0.39 is 0 Å². The average Bonchev–Trinajstić information content (AvgIpc) is 3.74. The van der Waals surface area contributed by atoms with E-state index in [0.29, 0.717) is 17.5 Å². The Bertz CT molecular complexity index is 3320. The number of nitrogens with zero attached hydrogens (tertiary/aromatic N) is 3. The van der Waals surface area contributed by atoms with Crippen LogP contribution in [0.4, 0.5) is 0 Å². The van der Waals surface area contributed by atoms with Crippen LogP contribution in [-0.2, 0) is 0 Å². The molecule has 0 aliphatic rings. The summed E-state index contributed by atoms with van der Waals surface area (Å²) < 4.78 is 6.32. The highest BCUT2D eigenvalue weighted by molar-refractivity contribution is 6.09. The molecule has 0 saturated carbocycles. The van der Waals surface area contributed by atoms with Gasteiger partial charge in [-0.25, -0.2) is 15.0 Å². The third-order valence-corrected chi connectivity index (χ3v) is 11.4. The summed E-state index contributed by atoms with van der Waals surface area (Å²) >= 11 is 0. The maximum Gasteiger partial charge on any atom is 0.164 e. The van der Waals surface area contributed by atoms with Crippen molar-refractivity contribution in [1.29, 1.82) is 0 Å². The number of rotatable bonds is 8. The normalized spacial score (nSPS) is 11.3. The van der Waals surface area contributed by atoms with Crippen LogP contribution in [0, 0.1) is 0 Å². The van der Waals surface area contributed by atoms with Gasteiger partial charge in [-0.2, -0.15) is 0 Å². The van der Waals surface area contributed by atoms with E-state index in [-0.39, 0.29) is 0 Å². The molecule has 0 radical (unpaired) electrons. The van der Waals surface area contributed by atoms with Crippen LogP contribution in [-0.4, -0.2) is 15.0 Å². The van der Waals surface area contributed by atoms with Crippen molar-refractivity contribution in [2.24, 2.45) is 0 Å². The smallest absolute Gasteiger partial charge is 0.164 e. The van der Waals surface area contributed by atoms with Crippen molar-refractivity contribution < 1.29 is 4.42 Å². The first-order chi connectivity index (χ1) is 30.2. The maximum atomic E-state index is 6.32. The lowest BCUT2D eigenvalue weighted by Crippen LogP contribution is -2.01. The van der Waals surface area contributed by atoms with Crippen LogP contribution in [0.15, 0.2) is 229 Å². The van der Waals surface area contributed by atoms with Crippen molar-refractivity contribution in [3.8, 4) is 89.8 Å². The summed E-state index contributed by atoms with van der Waals surface area (Å²) in [6, 6.07) is 78.1. The molecule has 11 rings (SSSR count). The molecule has 0 aliphatic heterocycles. The minimum Gasteiger partial charge on any atom is -0.455 e. The van der Waals surface area contributed by atoms with Crippen LogP contribution in [0.25, 0.3) is 112 Å². The molecule has 0 fully saturated rings. The second-order valence-electron chi connectivity index (χ2n) is 15.2. The van der Waals surface area contributed by atoms with Crippen molar-refractivity contribution >= 4 is 21.9 Å². The van der Waals surface area contributed by atoms with E-state index in [0.717, 1.165) is 94.3 Å². The maximum absolute atomic E-state index is 6.32. The summed E-state index contributed by atoms with van der Waals surface area (Å²) in [5, 5.41) is 2.28. The van der Waals surface area contributed by atoms with E-state index in [1.54, 1.807) is 0 Å². The Hall–Kier alpha value is -8.21. The Morgan fingerprint density at radius 1 is 0.246 bits per heavy atom. The van der Waals surface area contributed by atoms with E-state index in [4.69, 9.17) is 19.4 Å². The second-order valence-corrected chi connectivity index (χ2v) is 15.2. The van der Waals surface area contributed by atoms with Gasteiger partial charge in [-0.05, 0) is 62.2 Å². The molecule has 0 spiro atoms. The number of hydrogen-bond acceptors (Lipinski definition) is 4. The molecular formula is C57H37N3O. The van der Waals surface area contributed by atoms with E-state index in [2.05, 4.69) is 194 Å². The van der Waals surface area contributed by atoms with Gasteiger partial charge in [0.1, 0.15) is 11.2 Å². The van der Waals surface area contributed by atoms with Crippen LogP contribution in [0.2, 0.25) is 0 Å². The number of fused-ring (bicyclic) bond motifs is 3. The topological polar surface area (TPSA) is 51.8 Å². The summed E-state index contributed by atoms with van der Waals surface area (Å²) in [5.41, 5.74) is 15.8. The van der Waals surface area contributed by atoms with E-state index >= 15 is 0 Å². The molecule has 0 amide bonds. The van der Waals surface area contributed by atoms with Gasteiger partial charge in [-0.3, -0.25) is 0 Å². The Morgan fingerprint density at radius 2 is 0.656 bits per heavy atom. The molecule has 0 N–H and O–H groups in total. The third kappa shape index (κ3) is 6.96. The summed E-state index contributed by atoms with van der Waals surface area (Å²) in [6.07, 6.45) is 0. The van der Waals surface area contributed by atoms with E-state index in [1.165, 1.54) is 0 Å². The van der Waals surface area contributed by atoms with Gasteiger partial charge >= 0.3 is 0 Å². The second kappa shape index (κ2) is 15.5. The predicted molar refractivity (Wildman–Crippen MR) is 251 cm³/mol. The van der Waals surface area contributed by atoms with Crippen molar-refractivity contribution in [3.63, 3.8) is 0 Å². The molecule has 0 atom stereocenters. The fourth-order valence-electron chi connectivity index (χ4n) is 8.25. The number of aromatic nitrogens is 3. The molecule has 61 heavy (non-hydrogen) atoms. The quantitative estimate of drug-likeness (QED) is 0.154. The first-order valence-corrected chi connectivity index (χ1v) is 20.5. The number of furan rings is 1. The van der Waals surface area contributed by atoms with Gasteiger partial charge in [0.25, 0.3) is 0 Å². The highest BCUT2D eigenvalue weighted by Gasteiger charge is 2.17. The van der Waals surface area contributed by atoms with Gasteiger partial charge in [-0.1, -0.05) is 212 Å². The molecule has 4 nitrogen and oxygen atoms in total. The van der Waals surface area contributed by atoms with Crippen molar-refractivity contribution in [3.05, 3.63) is 224 Å². The number of benzene rings is 9. The largest absolute Gasteiger partial charge is 0.455 e. The summed E-state index contributed by atoms with van der Waals surface area (Å²) in [5.74, 6) is 1.87. The molecule has 4 heteroatoms. The monoisotopic (exact) mass is 779 g/mol. The minimum atomic E-state index is 0.620. The number of hydrogen-bond donors (Lipinski definition) is 0. The average molecular weight is 780 g/mol. The van der Waals surface area contributed by atoms with Crippen molar-refractivity contribution in [2.75, 3.05) is 0 Å².